The summed E-state index contributed by atoms with van der Waals surface area (Å²) in [4.78, 5) is 52.0. The molecule has 1 spiro atoms. The Morgan fingerprint density at radius 3 is 2.56 bits per heavy atom. The summed E-state index contributed by atoms with van der Waals surface area (Å²) in [6.45, 7) is 9.34. The second kappa shape index (κ2) is 10.5. The zero-order valence-corrected chi connectivity index (χ0v) is 24.9. The van der Waals surface area contributed by atoms with Gasteiger partial charge in [0.25, 0.3) is 5.91 Å². The molecule has 2 fully saturated rings. The third-order valence-electron chi connectivity index (χ3n) is 8.65. The Kier molecular flexibility index (Phi) is 7.17. The van der Waals surface area contributed by atoms with Crippen LogP contribution in [-0.2, 0) is 29.0 Å². The zero-order chi connectivity index (χ0) is 29.4. The van der Waals surface area contributed by atoms with E-state index in [0.717, 1.165) is 44.0 Å². The molecule has 1 unspecified atom stereocenters. The Morgan fingerprint density at radius 1 is 1.12 bits per heavy atom. The summed E-state index contributed by atoms with van der Waals surface area (Å²) < 4.78 is 22.8. The van der Waals surface area contributed by atoms with E-state index in [2.05, 4.69) is 14.9 Å². The maximum absolute atomic E-state index is 15.3. The molecule has 218 valence electrons. The molecule has 2 saturated heterocycles. The number of hydrogen-bond acceptors (Lipinski definition) is 7. The number of pyridine rings is 1. The van der Waals surface area contributed by atoms with Gasteiger partial charge in [-0.25, -0.2) is 25.4 Å². The van der Waals surface area contributed by atoms with Gasteiger partial charge in [-0.15, -0.1) is 0 Å². The summed E-state index contributed by atoms with van der Waals surface area (Å²) in [6.07, 6.45) is 6.82. The number of imidazole rings is 1. The van der Waals surface area contributed by atoms with Gasteiger partial charge in [-0.3, -0.25) is 4.79 Å². The number of aryl methyl sites for hydroxylation is 1. The van der Waals surface area contributed by atoms with Gasteiger partial charge in [-0.2, -0.15) is 0 Å². The van der Waals surface area contributed by atoms with Crippen molar-refractivity contribution in [2.75, 3.05) is 31.1 Å². The molecule has 0 aliphatic carbocycles. The van der Waals surface area contributed by atoms with Crippen molar-refractivity contribution in [2.24, 2.45) is 5.41 Å². The van der Waals surface area contributed by atoms with Gasteiger partial charge < -0.3 is 28.8 Å². The molecule has 4 aliphatic rings. The number of carbonyl (C=O) groups excluding carboxylic acids is 3. The van der Waals surface area contributed by atoms with Crippen LogP contribution in [0.2, 0.25) is 0 Å². The molecule has 4 aliphatic heterocycles. The van der Waals surface area contributed by atoms with E-state index in [-0.39, 0.29) is 48.0 Å². The van der Waals surface area contributed by atoms with Gasteiger partial charge in [-0.05, 0) is 69.5 Å². The molecule has 2 aromatic heterocycles. The zero-order valence-electron chi connectivity index (χ0n) is 24.9. The maximum Gasteiger partial charge on any atom is 1.00 e. The quantitative estimate of drug-likeness (QED) is 0.328. The van der Waals surface area contributed by atoms with Crippen LogP contribution in [-0.4, -0.2) is 74.4 Å². The van der Waals surface area contributed by atoms with Crippen molar-refractivity contribution < 1.29 is 42.4 Å². The summed E-state index contributed by atoms with van der Waals surface area (Å²) in [6, 6.07) is 5.88. The van der Waals surface area contributed by atoms with Gasteiger partial charge in [0.05, 0.1) is 12.0 Å². The van der Waals surface area contributed by atoms with Crippen molar-refractivity contribution in [3.63, 3.8) is 0 Å². The molecule has 0 radical (unpaired) electrons. The first kappa shape index (κ1) is 29.4. The molecule has 2 amide bonds. The Balaban J connectivity index is 0.00000329. The number of hydrogen-bond donors (Lipinski definition) is 0. The minimum atomic E-state index is -0.977. The minimum absolute atomic E-state index is 0. The summed E-state index contributed by atoms with van der Waals surface area (Å²) >= 11 is 0. The number of rotatable bonds is 5. The van der Waals surface area contributed by atoms with Crippen LogP contribution in [0.5, 0.6) is 0 Å². The van der Waals surface area contributed by atoms with Gasteiger partial charge in [0.2, 0.25) is 0 Å². The van der Waals surface area contributed by atoms with E-state index in [0.29, 0.717) is 29.9 Å². The van der Waals surface area contributed by atoms with E-state index in [1.54, 1.807) is 23.5 Å². The monoisotopic (exact) mass is 578 g/mol. The molecule has 3 aromatic rings. The molecule has 0 saturated carbocycles. The van der Waals surface area contributed by atoms with Crippen LogP contribution >= 0.6 is 0 Å². The van der Waals surface area contributed by atoms with Crippen LogP contribution in [0.15, 0.2) is 36.8 Å². The second-order valence-electron chi connectivity index (χ2n) is 12.9. The van der Waals surface area contributed by atoms with E-state index >= 15 is 4.39 Å². The smallest absolute Gasteiger partial charge is 0.539 e. The SMILES string of the molecule is CC(C)(C)OC(=O)N1CC2(C1)CN(c1ccc(-c3cc(F)c4c(c3)C(=O)N(C([C-]=O)c3ncn5c3CCC5)C4)cn1)C2.[Li+]. The largest absolute Gasteiger partial charge is 1.00 e. The predicted octanol–water partition coefficient (Wildman–Crippen LogP) is 0.898. The predicted molar refractivity (Wildman–Crippen MR) is 151 cm³/mol. The van der Waals surface area contributed by atoms with Crippen LogP contribution in [0.25, 0.3) is 11.1 Å². The molecule has 12 heteroatoms. The Bertz CT molecular complexity index is 1600. The summed E-state index contributed by atoms with van der Waals surface area (Å²) in [5.41, 5.74) is 2.77. The molecule has 10 nitrogen and oxygen atoms in total. The Hall–Kier alpha value is -3.68. The molecule has 0 bridgehead atoms. The third kappa shape index (κ3) is 5.02. The number of ether oxygens (including phenoxy) is 1. The maximum atomic E-state index is 15.3. The molecule has 6 heterocycles. The van der Waals surface area contributed by atoms with Crippen molar-refractivity contribution in [1.29, 1.82) is 0 Å². The van der Waals surface area contributed by atoms with Gasteiger partial charge in [0.15, 0.2) is 0 Å². The van der Waals surface area contributed by atoms with Crippen molar-refractivity contribution >= 4 is 24.1 Å². The van der Waals surface area contributed by atoms with E-state index in [1.807, 2.05) is 43.8 Å². The minimum Gasteiger partial charge on any atom is -0.539 e. The fourth-order valence-electron chi connectivity index (χ4n) is 6.65. The number of anilines is 1. The normalized spacial score (nSPS) is 18.9. The van der Waals surface area contributed by atoms with Crippen molar-refractivity contribution in [3.8, 4) is 11.1 Å². The number of fused-ring (bicyclic) bond motifs is 2. The van der Waals surface area contributed by atoms with Gasteiger partial charge in [0, 0.05) is 73.3 Å². The summed E-state index contributed by atoms with van der Waals surface area (Å²) in [5, 5.41) is 0. The first-order chi connectivity index (χ1) is 20.0. The number of benzene rings is 1. The van der Waals surface area contributed by atoms with Crippen LogP contribution in [0.3, 0.4) is 0 Å². The molecule has 1 atom stereocenters. The van der Waals surface area contributed by atoms with Crippen LogP contribution in [0, 0.1) is 11.2 Å². The standard InChI is InChI=1S/C31H32FN6O4.Li/c1-30(2,3)42-29(41)37-16-31(17-37)14-36(15-31)26-7-6-19(11-33-26)20-9-21-22(23(32)10-20)12-38(28(21)40)25(13-39)27-24-5-4-8-35(24)18-34-27;/h6-7,9-11,18,25H,4-5,8,12,14-17H2,1-3H3;/q-1;+1. The van der Waals surface area contributed by atoms with E-state index in [1.165, 1.54) is 11.0 Å². The number of nitrogens with zero attached hydrogens (tertiary/aromatic N) is 6. The third-order valence-corrected chi connectivity index (χ3v) is 8.65. The second-order valence-corrected chi connectivity index (χ2v) is 12.9. The number of halogens is 1. The molecule has 43 heavy (non-hydrogen) atoms. The number of aromatic nitrogens is 3. The van der Waals surface area contributed by atoms with E-state index in [4.69, 9.17) is 4.74 Å². The van der Waals surface area contributed by atoms with Crippen molar-refractivity contribution in [1.82, 2.24) is 24.3 Å². The van der Waals surface area contributed by atoms with E-state index < -0.39 is 23.4 Å². The fourth-order valence-corrected chi connectivity index (χ4v) is 6.65. The first-order valence-electron chi connectivity index (χ1n) is 14.3. The summed E-state index contributed by atoms with van der Waals surface area (Å²) in [7, 11) is 0. The van der Waals surface area contributed by atoms with E-state index in [9.17, 15) is 14.4 Å². The van der Waals surface area contributed by atoms with Crippen LogP contribution < -0.4 is 23.8 Å². The summed E-state index contributed by atoms with van der Waals surface area (Å²) in [5.74, 6) is -0.0949. The van der Waals surface area contributed by atoms with Gasteiger partial charge >= 0.3 is 25.0 Å². The average molecular weight is 579 g/mol. The molecular weight excluding hydrogens is 546 g/mol. The fraction of sp³-hybridized carbons (Fsp3) is 0.452. The molecule has 1 aromatic carbocycles. The number of carbonyl (C=O) groups is 2. The van der Waals surface area contributed by atoms with Gasteiger partial charge in [-0.1, -0.05) is 0 Å². The Morgan fingerprint density at radius 2 is 1.88 bits per heavy atom. The molecule has 7 rings (SSSR count). The van der Waals surface area contributed by atoms with Gasteiger partial charge in [0.1, 0.15) is 17.2 Å². The van der Waals surface area contributed by atoms with Crippen molar-refractivity contribution in [2.45, 2.75) is 58.3 Å². The topological polar surface area (TPSA) is 101 Å². The molecular formula is C31H32FLiN6O4. The average Bonchev–Trinajstić information content (AvgIpc) is 3.59. The Labute approximate surface area is 261 Å². The van der Waals surface area contributed by atoms with Crippen molar-refractivity contribution in [3.05, 3.63) is 65.1 Å². The molecule has 0 N–H and O–H groups in total. The number of amides is 2. The first-order valence-corrected chi connectivity index (χ1v) is 14.3. The van der Waals surface area contributed by atoms with Crippen LogP contribution in [0.4, 0.5) is 15.0 Å². The van der Waals surface area contributed by atoms with Crippen LogP contribution in [0.1, 0.15) is 60.5 Å². The number of likely N-dealkylation sites (tertiary alicyclic amines) is 1.